The van der Waals surface area contributed by atoms with Crippen LogP contribution >= 0.6 is 23.2 Å². The number of amides is 1. The van der Waals surface area contributed by atoms with Crippen molar-refractivity contribution in [3.05, 3.63) is 57.3 Å². The van der Waals surface area contributed by atoms with Gasteiger partial charge in [0.2, 0.25) is 0 Å². The van der Waals surface area contributed by atoms with E-state index in [1.165, 1.54) is 0 Å². The highest BCUT2D eigenvalue weighted by atomic mass is 35.5. The number of hydrogen-bond donors (Lipinski definition) is 3. The number of benzene rings is 1. The maximum absolute atomic E-state index is 12.2. The smallest absolute Gasteiger partial charge is 0.251 e. The van der Waals surface area contributed by atoms with Crippen LogP contribution in [0.1, 0.15) is 48.8 Å². The number of nitrogens with zero attached hydrogens (tertiary/aromatic N) is 2. The normalized spacial score (nSPS) is 12.6. The molecule has 2 rings (SSSR count). The average molecular weight is 438 g/mol. The monoisotopic (exact) mass is 437 g/mol. The maximum Gasteiger partial charge on any atom is 0.251 e. The maximum atomic E-state index is 12.2. The Labute approximate surface area is 182 Å². The minimum Gasteiger partial charge on any atom is -0.357 e. The molecular formula is C21H29Cl2N5O. The Hall–Kier alpha value is -2.18. The molecule has 1 amide bonds. The summed E-state index contributed by atoms with van der Waals surface area (Å²) in [6.07, 6.45) is 0.903. The van der Waals surface area contributed by atoms with Crippen LogP contribution in [-0.4, -0.2) is 29.0 Å². The van der Waals surface area contributed by atoms with Crippen molar-refractivity contribution in [3.63, 3.8) is 0 Å². The molecule has 1 heterocycles. The lowest BCUT2D eigenvalue weighted by Crippen LogP contribution is -2.37. The lowest BCUT2D eigenvalue weighted by Gasteiger charge is -2.13. The number of nitrogens with one attached hydrogen (secondary N) is 3. The predicted octanol–water partition coefficient (Wildman–Crippen LogP) is 4.12. The average Bonchev–Trinajstić information content (AvgIpc) is 2.97. The standard InChI is InChI=1S/C21H29Cl2N5O/c1-5-14(3)27-20(29)16-9-7-15(8-10-16)12-25-21(24-6-2)26-13-17-11-18(22)19(23)28(17)4/h7-11,14H,5-6,12-13H2,1-4H3,(H,27,29)(H2,24,25,26). The van der Waals surface area contributed by atoms with E-state index in [0.717, 1.165) is 24.2 Å². The molecule has 0 aliphatic heterocycles. The van der Waals surface area contributed by atoms with Crippen molar-refractivity contribution < 1.29 is 4.79 Å². The first-order chi connectivity index (χ1) is 13.8. The zero-order valence-corrected chi connectivity index (χ0v) is 18.9. The van der Waals surface area contributed by atoms with Crippen LogP contribution in [0.15, 0.2) is 35.3 Å². The number of halogens is 2. The largest absolute Gasteiger partial charge is 0.357 e. The minimum absolute atomic E-state index is 0.0516. The van der Waals surface area contributed by atoms with Crippen LogP contribution in [0, 0.1) is 0 Å². The van der Waals surface area contributed by atoms with Crippen LogP contribution in [0.4, 0.5) is 0 Å². The molecule has 6 nitrogen and oxygen atoms in total. The second kappa shape index (κ2) is 11.1. The molecular weight excluding hydrogens is 409 g/mol. The summed E-state index contributed by atoms with van der Waals surface area (Å²) >= 11 is 12.2. The molecule has 1 aromatic heterocycles. The van der Waals surface area contributed by atoms with Gasteiger partial charge in [0.1, 0.15) is 5.15 Å². The Bertz CT molecular complexity index is 846. The summed E-state index contributed by atoms with van der Waals surface area (Å²) in [5.41, 5.74) is 2.63. The van der Waals surface area contributed by atoms with Crippen LogP contribution in [0.5, 0.6) is 0 Å². The fourth-order valence-electron chi connectivity index (χ4n) is 2.62. The summed E-state index contributed by atoms with van der Waals surface area (Å²) in [6, 6.07) is 9.51. The SMILES string of the molecule is CCNC(=NCc1ccc(C(=O)NC(C)CC)cc1)NCc1cc(Cl)c(Cl)n1C. The molecule has 0 bridgehead atoms. The number of carbonyl (C=O) groups excluding carboxylic acids is 1. The second-order valence-corrected chi connectivity index (χ2v) is 7.63. The van der Waals surface area contributed by atoms with E-state index in [1.54, 1.807) is 0 Å². The van der Waals surface area contributed by atoms with E-state index in [2.05, 4.69) is 20.9 Å². The second-order valence-electron chi connectivity index (χ2n) is 6.86. The van der Waals surface area contributed by atoms with Gasteiger partial charge in [0.15, 0.2) is 5.96 Å². The molecule has 1 atom stereocenters. The van der Waals surface area contributed by atoms with Crippen molar-refractivity contribution in [2.24, 2.45) is 12.0 Å². The predicted molar refractivity (Wildman–Crippen MR) is 121 cm³/mol. The van der Waals surface area contributed by atoms with Crippen LogP contribution in [-0.2, 0) is 20.1 Å². The molecule has 0 saturated heterocycles. The topological polar surface area (TPSA) is 70.4 Å². The van der Waals surface area contributed by atoms with E-state index in [1.807, 2.05) is 62.7 Å². The molecule has 1 unspecified atom stereocenters. The number of hydrogen-bond acceptors (Lipinski definition) is 2. The van der Waals surface area contributed by atoms with Crippen LogP contribution in [0.2, 0.25) is 10.2 Å². The molecule has 29 heavy (non-hydrogen) atoms. The molecule has 158 valence electrons. The highest BCUT2D eigenvalue weighted by molar-refractivity contribution is 6.41. The highest BCUT2D eigenvalue weighted by Gasteiger charge is 2.10. The Morgan fingerprint density at radius 3 is 2.41 bits per heavy atom. The molecule has 0 aliphatic carbocycles. The highest BCUT2D eigenvalue weighted by Crippen LogP contribution is 2.24. The first-order valence-corrected chi connectivity index (χ1v) is 10.5. The number of rotatable bonds is 8. The number of guanidine groups is 1. The molecule has 0 fully saturated rings. The van der Waals surface area contributed by atoms with Gasteiger partial charge in [-0.25, -0.2) is 4.99 Å². The van der Waals surface area contributed by atoms with E-state index in [0.29, 0.717) is 34.8 Å². The third-order valence-corrected chi connectivity index (χ3v) is 5.46. The third-order valence-electron chi connectivity index (χ3n) is 4.62. The molecule has 0 saturated carbocycles. The first kappa shape index (κ1) is 23.1. The quantitative estimate of drug-likeness (QED) is 0.429. The fraction of sp³-hybridized carbons (Fsp3) is 0.429. The van der Waals surface area contributed by atoms with Gasteiger partial charge >= 0.3 is 0 Å². The van der Waals surface area contributed by atoms with Crippen molar-refractivity contribution in [2.75, 3.05) is 6.54 Å². The Morgan fingerprint density at radius 1 is 1.17 bits per heavy atom. The third kappa shape index (κ3) is 6.68. The lowest BCUT2D eigenvalue weighted by atomic mass is 10.1. The van der Waals surface area contributed by atoms with E-state index in [4.69, 9.17) is 23.2 Å². The molecule has 0 radical (unpaired) electrons. The zero-order valence-electron chi connectivity index (χ0n) is 17.4. The van der Waals surface area contributed by atoms with E-state index >= 15 is 0 Å². The number of carbonyl (C=O) groups is 1. The van der Waals surface area contributed by atoms with Gasteiger partial charge in [-0.05, 0) is 44.0 Å². The minimum atomic E-state index is -0.0516. The van der Waals surface area contributed by atoms with Crippen LogP contribution in [0.3, 0.4) is 0 Å². The number of aromatic nitrogens is 1. The summed E-state index contributed by atoms with van der Waals surface area (Å²) in [4.78, 5) is 16.8. The summed E-state index contributed by atoms with van der Waals surface area (Å²) in [6.45, 7) is 7.84. The summed E-state index contributed by atoms with van der Waals surface area (Å²) < 4.78 is 1.84. The van der Waals surface area contributed by atoms with Gasteiger partial charge in [-0.3, -0.25) is 4.79 Å². The van der Waals surface area contributed by atoms with Gasteiger partial charge in [0, 0.05) is 30.9 Å². The van der Waals surface area contributed by atoms with Gasteiger partial charge in [-0.1, -0.05) is 42.3 Å². The molecule has 8 heteroatoms. The van der Waals surface area contributed by atoms with Crippen molar-refractivity contribution in [3.8, 4) is 0 Å². The fourth-order valence-corrected chi connectivity index (χ4v) is 3.03. The summed E-state index contributed by atoms with van der Waals surface area (Å²) in [5.74, 6) is 0.642. The van der Waals surface area contributed by atoms with Gasteiger partial charge in [0.25, 0.3) is 5.91 Å². The van der Waals surface area contributed by atoms with Crippen LogP contribution < -0.4 is 16.0 Å². The van der Waals surface area contributed by atoms with Crippen LogP contribution in [0.25, 0.3) is 0 Å². The molecule has 1 aromatic carbocycles. The van der Waals surface area contributed by atoms with Crippen molar-refractivity contribution >= 4 is 35.1 Å². The molecule has 0 aliphatic rings. The van der Waals surface area contributed by atoms with Crippen molar-refractivity contribution in [1.29, 1.82) is 0 Å². The molecule has 3 N–H and O–H groups in total. The molecule has 2 aromatic rings. The first-order valence-electron chi connectivity index (χ1n) is 9.77. The van der Waals surface area contributed by atoms with Gasteiger partial charge in [-0.2, -0.15) is 0 Å². The molecule has 0 spiro atoms. The summed E-state index contributed by atoms with van der Waals surface area (Å²) in [7, 11) is 1.87. The lowest BCUT2D eigenvalue weighted by molar-refractivity contribution is 0.0939. The Balaban J connectivity index is 1.98. The van der Waals surface area contributed by atoms with E-state index in [9.17, 15) is 4.79 Å². The van der Waals surface area contributed by atoms with E-state index in [-0.39, 0.29) is 11.9 Å². The number of aliphatic imine (C=N–C) groups is 1. The Morgan fingerprint density at radius 2 is 1.86 bits per heavy atom. The Kier molecular flexibility index (Phi) is 8.86. The summed E-state index contributed by atoms with van der Waals surface area (Å²) in [5, 5.41) is 10.5. The van der Waals surface area contributed by atoms with Gasteiger partial charge in [0.05, 0.1) is 18.1 Å². The van der Waals surface area contributed by atoms with E-state index < -0.39 is 0 Å². The zero-order chi connectivity index (χ0) is 21.4. The van der Waals surface area contributed by atoms with Crippen molar-refractivity contribution in [2.45, 2.75) is 46.3 Å². The van der Waals surface area contributed by atoms with Crippen molar-refractivity contribution in [1.82, 2.24) is 20.5 Å². The van der Waals surface area contributed by atoms with Gasteiger partial charge in [-0.15, -0.1) is 0 Å². The van der Waals surface area contributed by atoms with Gasteiger partial charge < -0.3 is 20.5 Å².